The molecule has 154 valence electrons. The summed E-state index contributed by atoms with van der Waals surface area (Å²) in [6.45, 7) is 0. The van der Waals surface area contributed by atoms with Gasteiger partial charge in [-0.25, -0.2) is 4.79 Å². The summed E-state index contributed by atoms with van der Waals surface area (Å²) in [7, 11) is 1.40. The van der Waals surface area contributed by atoms with E-state index in [0.29, 0.717) is 11.3 Å². The molecule has 1 saturated carbocycles. The molecule has 30 heavy (non-hydrogen) atoms. The third-order valence-corrected chi connectivity index (χ3v) is 6.98. The van der Waals surface area contributed by atoms with Crippen molar-refractivity contribution < 1.29 is 19.1 Å². The molecular formula is C25H25NO4. The maximum Gasteiger partial charge on any atom is 0.334 e. The number of methoxy groups -OCH3 is 1. The Bertz CT molecular complexity index is 1010. The maximum absolute atomic E-state index is 13.7. The second-order valence-corrected chi connectivity index (χ2v) is 8.47. The van der Waals surface area contributed by atoms with E-state index in [1.807, 2.05) is 42.5 Å². The van der Waals surface area contributed by atoms with Crippen molar-refractivity contribution in [2.45, 2.75) is 49.2 Å². The number of ether oxygens (including phenoxy) is 2. The first-order valence-electron chi connectivity index (χ1n) is 10.7. The first-order valence-corrected chi connectivity index (χ1v) is 10.7. The van der Waals surface area contributed by atoms with Crippen LogP contribution in [0.2, 0.25) is 0 Å². The van der Waals surface area contributed by atoms with Crippen molar-refractivity contribution in [3.8, 4) is 5.75 Å². The van der Waals surface area contributed by atoms with Crippen LogP contribution in [-0.2, 0) is 9.53 Å². The van der Waals surface area contributed by atoms with Gasteiger partial charge in [-0.05, 0) is 36.5 Å². The molecule has 3 atom stereocenters. The Labute approximate surface area is 176 Å². The van der Waals surface area contributed by atoms with Crippen molar-refractivity contribution in [1.82, 2.24) is 0 Å². The third kappa shape index (κ3) is 2.51. The van der Waals surface area contributed by atoms with Crippen LogP contribution in [0, 0.1) is 5.92 Å². The van der Waals surface area contributed by atoms with Crippen molar-refractivity contribution in [1.29, 1.82) is 0 Å². The maximum atomic E-state index is 13.7. The molecule has 0 bridgehead atoms. The van der Waals surface area contributed by atoms with Crippen LogP contribution < -0.4 is 4.74 Å². The molecule has 2 aliphatic heterocycles. The van der Waals surface area contributed by atoms with Gasteiger partial charge in [0.25, 0.3) is 0 Å². The second kappa shape index (κ2) is 7.08. The molecule has 0 unspecified atom stereocenters. The van der Waals surface area contributed by atoms with Crippen LogP contribution in [0.3, 0.4) is 0 Å². The van der Waals surface area contributed by atoms with E-state index in [-0.39, 0.29) is 17.7 Å². The lowest BCUT2D eigenvalue weighted by atomic mass is 9.62. The largest absolute Gasteiger partial charge is 0.472 e. The molecule has 1 fully saturated rings. The van der Waals surface area contributed by atoms with Crippen molar-refractivity contribution in [2.75, 3.05) is 7.11 Å². The van der Waals surface area contributed by atoms with E-state index in [4.69, 9.17) is 14.5 Å². The fourth-order valence-corrected chi connectivity index (χ4v) is 5.67. The smallest absolute Gasteiger partial charge is 0.334 e. The molecule has 1 spiro atoms. The monoisotopic (exact) mass is 403 g/mol. The molecule has 0 amide bonds. The lowest BCUT2D eigenvalue weighted by molar-refractivity contribution is -0.151. The predicted molar refractivity (Wildman–Crippen MR) is 113 cm³/mol. The highest BCUT2D eigenvalue weighted by atomic mass is 16.5. The van der Waals surface area contributed by atoms with Gasteiger partial charge in [0.2, 0.25) is 11.4 Å². The molecule has 2 heterocycles. The summed E-state index contributed by atoms with van der Waals surface area (Å²) >= 11 is 0. The van der Waals surface area contributed by atoms with Gasteiger partial charge in [0.05, 0.1) is 24.8 Å². The van der Waals surface area contributed by atoms with Gasteiger partial charge in [0, 0.05) is 0 Å². The fourth-order valence-electron chi connectivity index (χ4n) is 5.67. The average molecular weight is 403 g/mol. The van der Waals surface area contributed by atoms with Crippen molar-refractivity contribution in [3.63, 3.8) is 0 Å². The van der Waals surface area contributed by atoms with Crippen LogP contribution in [0.1, 0.15) is 53.9 Å². The molecule has 2 aromatic carbocycles. The number of aliphatic imine (C=N–C) groups is 1. The molecule has 0 N–H and O–H groups in total. The molecule has 0 saturated heterocycles. The first-order chi connectivity index (χ1) is 14.6. The molecule has 0 aromatic heterocycles. The van der Waals surface area contributed by atoms with Gasteiger partial charge in [-0.15, -0.1) is 0 Å². The number of hydrogen-bond acceptors (Lipinski definition) is 5. The summed E-state index contributed by atoms with van der Waals surface area (Å²) in [5.74, 6) is -0.568. The van der Waals surface area contributed by atoms with Crippen LogP contribution in [0.4, 0.5) is 0 Å². The highest BCUT2D eigenvalue weighted by molar-refractivity contribution is 6.19. The molecule has 0 radical (unpaired) electrons. The number of esters is 1. The standard InChI is InChI=1S/C25H25NO4/c1-29-23(28)25(18-12-6-3-7-13-18)21(17-10-4-2-5-11-17)24(16-26-25)22(27)19-14-8-9-15-20(19)30-24/h2,4-5,8-11,14-16,18,21H,3,6-7,12-13H2,1H3/t21-,24-,25-/m1/s1. The van der Waals surface area contributed by atoms with Crippen molar-refractivity contribution >= 4 is 18.0 Å². The van der Waals surface area contributed by atoms with Crippen LogP contribution >= 0.6 is 0 Å². The average Bonchev–Trinajstić information content (AvgIpc) is 3.30. The Morgan fingerprint density at radius 2 is 1.73 bits per heavy atom. The Morgan fingerprint density at radius 3 is 2.43 bits per heavy atom. The summed E-state index contributed by atoms with van der Waals surface area (Å²) < 4.78 is 11.7. The number of carbonyl (C=O) groups excluding carboxylic acids is 2. The van der Waals surface area contributed by atoms with Gasteiger partial charge in [-0.2, -0.15) is 0 Å². The summed E-state index contributed by atoms with van der Waals surface area (Å²) in [4.78, 5) is 32.0. The SMILES string of the molecule is COC(=O)[C@]1(C2CCCCC2)N=C[C@@]2(Oc3ccccc3C2=O)[C@H]1c1ccccc1. The number of ketones is 1. The summed E-state index contributed by atoms with van der Waals surface area (Å²) in [6, 6.07) is 17.0. The van der Waals surface area contributed by atoms with E-state index in [9.17, 15) is 9.59 Å². The van der Waals surface area contributed by atoms with Gasteiger partial charge in [0.15, 0.2) is 5.54 Å². The third-order valence-electron chi connectivity index (χ3n) is 6.98. The Morgan fingerprint density at radius 1 is 1.03 bits per heavy atom. The minimum atomic E-state index is -1.34. The molecule has 1 aliphatic carbocycles. The van der Waals surface area contributed by atoms with E-state index in [0.717, 1.165) is 37.7 Å². The second-order valence-electron chi connectivity index (χ2n) is 8.47. The lowest BCUT2D eigenvalue weighted by Gasteiger charge is -2.42. The number of rotatable bonds is 3. The van der Waals surface area contributed by atoms with Crippen molar-refractivity contribution in [3.05, 3.63) is 65.7 Å². The Kier molecular flexibility index (Phi) is 4.49. The van der Waals surface area contributed by atoms with Gasteiger partial charge < -0.3 is 9.47 Å². The van der Waals surface area contributed by atoms with Gasteiger partial charge in [-0.3, -0.25) is 9.79 Å². The highest BCUT2D eigenvalue weighted by Crippen LogP contribution is 2.56. The van der Waals surface area contributed by atoms with E-state index in [1.165, 1.54) is 7.11 Å². The number of Topliss-reactive ketones (excluding diaryl/α,β-unsaturated/α-hetero) is 1. The first kappa shape index (κ1) is 19.0. The summed E-state index contributed by atoms with van der Waals surface area (Å²) in [5.41, 5.74) is -1.11. The fraction of sp³-hybridized carbons (Fsp3) is 0.400. The van der Waals surface area contributed by atoms with Crippen LogP contribution in [0.15, 0.2) is 59.6 Å². The van der Waals surface area contributed by atoms with Crippen LogP contribution in [0.25, 0.3) is 0 Å². The topological polar surface area (TPSA) is 65.0 Å². The minimum absolute atomic E-state index is 0.000330. The Balaban J connectivity index is 1.72. The van der Waals surface area contributed by atoms with Gasteiger partial charge in [0.1, 0.15) is 5.75 Å². The number of para-hydroxylation sites is 1. The predicted octanol–water partition coefficient (Wildman–Crippen LogP) is 4.36. The quantitative estimate of drug-likeness (QED) is 0.714. The molecule has 2 aromatic rings. The zero-order valence-corrected chi connectivity index (χ0v) is 17.0. The normalized spacial score (nSPS) is 30.3. The molecule has 5 heteroatoms. The van der Waals surface area contributed by atoms with E-state index in [2.05, 4.69) is 0 Å². The zero-order valence-electron chi connectivity index (χ0n) is 17.0. The highest BCUT2D eigenvalue weighted by Gasteiger charge is 2.69. The number of nitrogens with zero attached hydrogens (tertiary/aromatic N) is 1. The minimum Gasteiger partial charge on any atom is -0.472 e. The van der Waals surface area contributed by atoms with E-state index >= 15 is 0 Å². The number of benzene rings is 2. The van der Waals surface area contributed by atoms with Crippen LogP contribution in [-0.4, -0.2) is 36.2 Å². The molecule has 5 rings (SSSR count). The number of hydrogen-bond donors (Lipinski definition) is 0. The zero-order chi connectivity index (χ0) is 20.8. The number of fused-ring (bicyclic) bond motifs is 1. The molecule has 5 nitrogen and oxygen atoms in total. The van der Waals surface area contributed by atoms with Gasteiger partial charge in [-0.1, -0.05) is 61.7 Å². The number of carbonyl (C=O) groups is 2. The van der Waals surface area contributed by atoms with Gasteiger partial charge >= 0.3 is 5.97 Å². The molecule has 3 aliphatic rings. The Hall–Kier alpha value is -2.95. The van der Waals surface area contributed by atoms with Crippen molar-refractivity contribution in [2.24, 2.45) is 10.9 Å². The summed E-state index contributed by atoms with van der Waals surface area (Å²) in [6.07, 6.45) is 6.60. The van der Waals surface area contributed by atoms with E-state index < -0.39 is 17.1 Å². The van der Waals surface area contributed by atoms with Crippen LogP contribution in [0.5, 0.6) is 5.75 Å². The summed E-state index contributed by atoms with van der Waals surface area (Å²) in [5, 5.41) is 0. The van der Waals surface area contributed by atoms with E-state index in [1.54, 1.807) is 18.3 Å². The molecular weight excluding hydrogens is 378 g/mol. The lowest BCUT2D eigenvalue weighted by Crippen LogP contribution is -2.57.